The Labute approximate surface area is 91.4 Å². The van der Waals surface area contributed by atoms with Crippen molar-refractivity contribution < 1.29 is 9.90 Å². The molecule has 15 heavy (non-hydrogen) atoms. The van der Waals surface area contributed by atoms with Gasteiger partial charge >= 0.3 is 0 Å². The highest BCUT2D eigenvalue weighted by Gasteiger charge is 2.21. The molecule has 1 aliphatic rings. The van der Waals surface area contributed by atoms with Crippen LogP contribution in [0.4, 0.5) is 0 Å². The molecule has 1 saturated carbocycles. The number of hydrogen-bond donors (Lipinski definition) is 3. The van der Waals surface area contributed by atoms with E-state index in [0.29, 0.717) is 12.8 Å². The maximum absolute atomic E-state index is 11.5. The third kappa shape index (κ3) is 5.14. The molecule has 2 unspecified atom stereocenters. The first-order valence-corrected chi connectivity index (χ1v) is 5.90. The summed E-state index contributed by atoms with van der Waals surface area (Å²) in [7, 11) is 0. The molecule has 0 aliphatic heterocycles. The molecule has 0 spiro atoms. The van der Waals surface area contributed by atoms with Crippen molar-refractivity contribution in [3.8, 4) is 0 Å². The lowest BCUT2D eigenvalue weighted by atomic mass is 9.93. The topological polar surface area (TPSA) is 61.4 Å². The van der Waals surface area contributed by atoms with Crippen molar-refractivity contribution in [2.24, 2.45) is 0 Å². The maximum Gasteiger partial charge on any atom is 0.221 e. The van der Waals surface area contributed by atoms with Gasteiger partial charge in [-0.05, 0) is 32.2 Å². The Morgan fingerprint density at radius 2 is 2.27 bits per heavy atom. The summed E-state index contributed by atoms with van der Waals surface area (Å²) in [6.45, 7) is 3.66. The molecular formula is C11H22N2O2. The van der Waals surface area contributed by atoms with E-state index in [2.05, 4.69) is 10.6 Å². The van der Waals surface area contributed by atoms with Gasteiger partial charge in [-0.2, -0.15) is 0 Å². The molecule has 88 valence electrons. The molecule has 4 nitrogen and oxygen atoms in total. The predicted molar refractivity (Wildman–Crippen MR) is 59.6 cm³/mol. The SMILES string of the molecule is CCNCCC(=O)NC1CCCC(O)C1. The van der Waals surface area contributed by atoms with Crippen molar-refractivity contribution in [2.45, 2.75) is 51.2 Å². The largest absolute Gasteiger partial charge is 0.393 e. The molecular weight excluding hydrogens is 192 g/mol. The van der Waals surface area contributed by atoms with Gasteiger partial charge in [-0.3, -0.25) is 4.79 Å². The van der Waals surface area contributed by atoms with E-state index in [9.17, 15) is 9.90 Å². The van der Waals surface area contributed by atoms with E-state index in [1.807, 2.05) is 6.92 Å². The first-order valence-electron chi connectivity index (χ1n) is 5.90. The second-order valence-electron chi connectivity index (χ2n) is 4.19. The third-order valence-corrected chi connectivity index (χ3v) is 2.79. The minimum absolute atomic E-state index is 0.0926. The van der Waals surface area contributed by atoms with Crippen molar-refractivity contribution in [1.82, 2.24) is 10.6 Å². The first-order chi connectivity index (χ1) is 7.22. The molecule has 4 heteroatoms. The zero-order chi connectivity index (χ0) is 11.1. The fourth-order valence-electron chi connectivity index (χ4n) is 1.97. The van der Waals surface area contributed by atoms with Gasteiger partial charge in [0, 0.05) is 19.0 Å². The van der Waals surface area contributed by atoms with Crippen molar-refractivity contribution in [3.63, 3.8) is 0 Å². The van der Waals surface area contributed by atoms with Crippen LogP contribution in [0.5, 0.6) is 0 Å². The highest BCUT2D eigenvalue weighted by molar-refractivity contribution is 5.76. The van der Waals surface area contributed by atoms with Crippen molar-refractivity contribution in [1.29, 1.82) is 0 Å². The molecule has 0 radical (unpaired) electrons. The summed E-state index contributed by atoms with van der Waals surface area (Å²) < 4.78 is 0. The molecule has 0 aromatic carbocycles. The summed E-state index contributed by atoms with van der Waals surface area (Å²) >= 11 is 0. The van der Waals surface area contributed by atoms with Crippen LogP contribution in [0.2, 0.25) is 0 Å². The van der Waals surface area contributed by atoms with Gasteiger partial charge in [0.05, 0.1) is 6.10 Å². The first kappa shape index (κ1) is 12.5. The van der Waals surface area contributed by atoms with E-state index in [1.165, 1.54) is 0 Å². The second-order valence-corrected chi connectivity index (χ2v) is 4.19. The highest BCUT2D eigenvalue weighted by Crippen LogP contribution is 2.18. The average Bonchev–Trinajstić information content (AvgIpc) is 2.18. The lowest BCUT2D eigenvalue weighted by molar-refractivity contribution is -0.122. The molecule has 1 rings (SSSR count). The fourth-order valence-corrected chi connectivity index (χ4v) is 1.97. The number of aliphatic hydroxyl groups excluding tert-OH is 1. The van der Waals surface area contributed by atoms with Crippen molar-refractivity contribution >= 4 is 5.91 Å². The molecule has 0 aromatic rings. The number of nitrogens with one attached hydrogen (secondary N) is 2. The Bertz CT molecular complexity index is 197. The minimum atomic E-state index is -0.224. The normalized spacial score (nSPS) is 26.3. The summed E-state index contributed by atoms with van der Waals surface area (Å²) in [6, 6.07) is 0.183. The zero-order valence-corrected chi connectivity index (χ0v) is 9.46. The standard InChI is InChI=1S/C11H22N2O2/c1-2-12-7-6-11(15)13-9-4-3-5-10(14)8-9/h9-10,12,14H,2-8H2,1H3,(H,13,15). The molecule has 2 atom stereocenters. The van der Waals surface area contributed by atoms with Gasteiger partial charge in [0.25, 0.3) is 0 Å². The molecule has 1 amide bonds. The molecule has 0 aromatic heterocycles. The summed E-state index contributed by atoms with van der Waals surface area (Å²) in [5.41, 5.74) is 0. The van der Waals surface area contributed by atoms with E-state index in [-0.39, 0.29) is 18.1 Å². The van der Waals surface area contributed by atoms with Gasteiger partial charge < -0.3 is 15.7 Å². The Balaban J connectivity index is 2.13. The Hall–Kier alpha value is -0.610. The molecule has 1 fully saturated rings. The number of rotatable bonds is 5. The molecule has 0 saturated heterocycles. The summed E-state index contributed by atoms with van der Waals surface area (Å²) in [4.78, 5) is 11.5. The van der Waals surface area contributed by atoms with Crippen molar-refractivity contribution in [3.05, 3.63) is 0 Å². The number of carbonyl (C=O) groups is 1. The van der Waals surface area contributed by atoms with Gasteiger partial charge in [-0.1, -0.05) is 6.92 Å². The molecule has 3 N–H and O–H groups in total. The summed E-state index contributed by atoms with van der Waals surface area (Å²) in [5, 5.41) is 15.5. The number of amides is 1. The quantitative estimate of drug-likeness (QED) is 0.581. The van der Waals surface area contributed by atoms with Gasteiger partial charge in [0.2, 0.25) is 5.91 Å². The summed E-state index contributed by atoms with van der Waals surface area (Å²) in [6.07, 6.45) is 3.92. The fraction of sp³-hybridized carbons (Fsp3) is 0.909. The predicted octanol–water partition coefficient (Wildman–Crippen LogP) is 0.406. The zero-order valence-electron chi connectivity index (χ0n) is 9.46. The average molecular weight is 214 g/mol. The number of hydrogen-bond acceptors (Lipinski definition) is 3. The second kappa shape index (κ2) is 6.80. The smallest absolute Gasteiger partial charge is 0.221 e. The Morgan fingerprint density at radius 3 is 2.93 bits per heavy atom. The molecule has 1 aliphatic carbocycles. The van der Waals surface area contributed by atoms with Crippen LogP contribution in [0.1, 0.15) is 39.0 Å². The highest BCUT2D eigenvalue weighted by atomic mass is 16.3. The lowest BCUT2D eigenvalue weighted by Gasteiger charge is -2.26. The van der Waals surface area contributed by atoms with E-state index in [4.69, 9.17) is 0 Å². The van der Waals surface area contributed by atoms with E-state index < -0.39 is 0 Å². The van der Waals surface area contributed by atoms with Crippen LogP contribution in [-0.2, 0) is 4.79 Å². The Morgan fingerprint density at radius 1 is 1.47 bits per heavy atom. The van der Waals surface area contributed by atoms with Gasteiger partial charge in [0.1, 0.15) is 0 Å². The Kier molecular flexibility index (Phi) is 5.65. The van der Waals surface area contributed by atoms with Gasteiger partial charge in [0.15, 0.2) is 0 Å². The van der Waals surface area contributed by atoms with Crippen LogP contribution in [0.15, 0.2) is 0 Å². The molecule has 0 heterocycles. The van der Waals surface area contributed by atoms with Gasteiger partial charge in [-0.25, -0.2) is 0 Å². The monoisotopic (exact) mass is 214 g/mol. The minimum Gasteiger partial charge on any atom is -0.393 e. The van der Waals surface area contributed by atoms with E-state index in [1.54, 1.807) is 0 Å². The molecule has 0 bridgehead atoms. The van der Waals surface area contributed by atoms with Crippen LogP contribution in [0.25, 0.3) is 0 Å². The van der Waals surface area contributed by atoms with Crippen LogP contribution in [0, 0.1) is 0 Å². The number of carbonyl (C=O) groups excluding carboxylic acids is 1. The third-order valence-electron chi connectivity index (χ3n) is 2.79. The summed E-state index contributed by atoms with van der Waals surface area (Å²) in [5.74, 6) is 0.0926. The van der Waals surface area contributed by atoms with Crippen LogP contribution in [-0.4, -0.2) is 36.2 Å². The van der Waals surface area contributed by atoms with Crippen molar-refractivity contribution in [2.75, 3.05) is 13.1 Å². The number of aliphatic hydroxyl groups is 1. The van der Waals surface area contributed by atoms with Gasteiger partial charge in [-0.15, -0.1) is 0 Å². The van der Waals surface area contributed by atoms with Crippen LogP contribution < -0.4 is 10.6 Å². The van der Waals surface area contributed by atoms with Crippen LogP contribution in [0.3, 0.4) is 0 Å². The maximum atomic E-state index is 11.5. The lowest BCUT2D eigenvalue weighted by Crippen LogP contribution is -2.40. The van der Waals surface area contributed by atoms with E-state index in [0.717, 1.165) is 32.4 Å². The van der Waals surface area contributed by atoms with E-state index >= 15 is 0 Å². The van der Waals surface area contributed by atoms with Crippen LogP contribution >= 0.6 is 0 Å².